The van der Waals surface area contributed by atoms with Crippen molar-refractivity contribution in [3.8, 4) is 0 Å². The predicted octanol–water partition coefficient (Wildman–Crippen LogP) is 2.23. The van der Waals surface area contributed by atoms with E-state index in [-0.39, 0.29) is 12.2 Å². The van der Waals surface area contributed by atoms with E-state index in [4.69, 9.17) is 13.9 Å². The Morgan fingerprint density at radius 2 is 1.97 bits per heavy atom. The fraction of sp³-hybridized carbons (Fsp3) is 0.320. The lowest BCUT2D eigenvalue weighted by Crippen LogP contribution is -2.39. The van der Waals surface area contributed by atoms with Crippen molar-refractivity contribution in [2.24, 2.45) is 4.99 Å². The van der Waals surface area contributed by atoms with Crippen LogP contribution >= 0.6 is 11.3 Å². The maximum absolute atomic E-state index is 13.6. The zero-order valence-electron chi connectivity index (χ0n) is 19.0. The van der Waals surface area contributed by atoms with E-state index in [0.717, 1.165) is 24.5 Å². The van der Waals surface area contributed by atoms with Crippen molar-refractivity contribution in [3.63, 3.8) is 0 Å². The van der Waals surface area contributed by atoms with Gasteiger partial charge in [-0.1, -0.05) is 41.7 Å². The maximum atomic E-state index is 13.6. The first kappa shape index (κ1) is 22.4. The minimum absolute atomic E-state index is 0.226. The molecule has 0 radical (unpaired) electrons. The maximum Gasteiger partial charge on any atom is 0.338 e. The molecule has 0 aliphatic carbocycles. The Kier molecular flexibility index (Phi) is 6.21. The van der Waals surface area contributed by atoms with Gasteiger partial charge in [-0.3, -0.25) is 9.36 Å². The molecule has 2 aromatic heterocycles. The molecule has 0 bridgehead atoms. The first-order valence-electron chi connectivity index (χ1n) is 11.2. The summed E-state index contributed by atoms with van der Waals surface area (Å²) in [6, 6.07) is 12.6. The van der Waals surface area contributed by atoms with Crippen molar-refractivity contribution < 1.29 is 18.7 Å². The van der Waals surface area contributed by atoms with Crippen molar-refractivity contribution >= 4 is 29.3 Å². The zero-order chi connectivity index (χ0) is 23.7. The zero-order valence-corrected chi connectivity index (χ0v) is 19.8. The second-order valence-electron chi connectivity index (χ2n) is 7.99. The van der Waals surface area contributed by atoms with Gasteiger partial charge in [0.05, 0.1) is 41.7 Å². The Bertz CT molecular complexity index is 1410. The van der Waals surface area contributed by atoms with Gasteiger partial charge in [-0.2, -0.15) is 0 Å². The molecule has 0 N–H and O–H groups in total. The average molecular weight is 480 g/mol. The highest BCUT2D eigenvalue weighted by Gasteiger charge is 2.33. The highest BCUT2D eigenvalue weighted by Crippen LogP contribution is 2.30. The second-order valence-corrected chi connectivity index (χ2v) is 9.00. The van der Waals surface area contributed by atoms with Crippen molar-refractivity contribution in [3.05, 3.63) is 84.7 Å². The number of hydrogen-bond acceptors (Lipinski definition) is 8. The van der Waals surface area contributed by atoms with Crippen LogP contribution in [-0.4, -0.2) is 43.4 Å². The van der Waals surface area contributed by atoms with E-state index in [1.807, 2.05) is 42.5 Å². The molecule has 1 aromatic carbocycles. The number of anilines is 1. The summed E-state index contributed by atoms with van der Waals surface area (Å²) in [5.41, 5.74) is 1.52. The Morgan fingerprint density at radius 1 is 1.21 bits per heavy atom. The van der Waals surface area contributed by atoms with Crippen LogP contribution < -0.4 is 19.8 Å². The molecule has 9 heteroatoms. The third-order valence-corrected chi connectivity index (χ3v) is 6.82. The molecule has 8 nitrogen and oxygen atoms in total. The van der Waals surface area contributed by atoms with Gasteiger partial charge in [-0.05, 0) is 25.5 Å². The molecular formula is C25H25N3O5S. The molecule has 0 unspecified atom stereocenters. The van der Waals surface area contributed by atoms with Gasteiger partial charge in [0.25, 0.3) is 5.56 Å². The molecule has 0 amide bonds. The lowest BCUT2D eigenvalue weighted by Gasteiger charge is -2.26. The standard InChI is InChI=1S/C25H25N3O5S/c1-3-32-24(30)21-16(2)26-25-28(22(21)17-7-5-4-6-8-17)23(29)19(34-25)15-18-9-10-20(33-18)27-11-13-31-14-12-27/h4-10,15,22H,3,11-14H2,1-2H3/b19-15-/t22-/m1/s1. The molecule has 3 aromatic rings. The number of thiazole rings is 1. The van der Waals surface area contributed by atoms with Gasteiger partial charge in [0.2, 0.25) is 0 Å². The molecule has 2 aliphatic heterocycles. The third kappa shape index (κ3) is 4.12. The number of rotatable bonds is 5. The van der Waals surface area contributed by atoms with Gasteiger partial charge in [0.15, 0.2) is 10.7 Å². The molecule has 1 saturated heterocycles. The van der Waals surface area contributed by atoms with Crippen LogP contribution in [-0.2, 0) is 14.3 Å². The van der Waals surface area contributed by atoms with Crippen molar-refractivity contribution in [2.45, 2.75) is 19.9 Å². The number of morpholine rings is 1. The smallest absolute Gasteiger partial charge is 0.338 e. The number of carbonyl (C=O) groups is 1. The number of benzene rings is 1. The molecule has 34 heavy (non-hydrogen) atoms. The summed E-state index contributed by atoms with van der Waals surface area (Å²) in [5.74, 6) is 0.877. The molecule has 0 saturated carbocycles. The molecule has 2 aliphatic rings. The van der Waals surface area contributed by atoms with Gasteiger partial charge in [-0.15, -0.1) is 0 Å². The van der Waals surface area contributed by atoms with E-state index in [9.17, 15) is 9.59 Å². The number of aromatic nitrogens is 1. The molecule has 1 fully saturated rings. The Morgan fingerprint density at radius 3 is 2.71 bits per heavy atom. The van der Waals surface area contributed by atoms with Crippen molar-refractivity contribution in [1.82, 2.24) is 4.57 Å². The summed E-state index contributed by atoms with van der Waals surface area (Å²) in [7, 11) is 0. The van der Waals surface area contributed by atoms with E-state index in [1.165, 1.54) is 11.3 Å². The van der Waals surface area contributed by atoms with Crippen LogP contribution in [0, 0.1) is 0 Å². The Balaban J connectivity index is 1.60. The molecule has 1 atom stereocenters. The fourth-order valence-electron chi connectivity index (χ4n) is 4.24. The van der Waals surface area contributed by atoms with Crippen LogP contribution in [0.2, 0.25) is 0 Å². The van der Waals surface area contributed by atoms with Gasteiger partial charge in [0.1, 0.15) is 5.76 Å². The topological polar surface area (TPSA) is 86.3 Å². The normalized spacial score (nSPS) is 18.6. The minimum Gasteiger partial charge on any atom is -0.463 e. The molecule has 4 heterocycles. The van der Waals surface area contributed by atoms with E-state index in [2.05, 4.69) is 9.89 Å². The number of hydrogen-bond donors (Lipinski definition) is 0. The third-order valence-electron chi connectivity index (χ3n) is 5.84. The van der Waals surface area contributed by atoms with E-state index < -0.39 is 12.0 Å². The number of furan rings is 1. The number of esters is 1. The summed E-state index contributed by atoms with van der Waals surface area (Å²) in [4.78, 5) is 33.7. The molecule has 0 spiro atoms. The van der Waals surface area contributed by atoms with E-state index >= 15 is 0 Å². The summed E-state index contributed by atoms with van der Waals surface area (Å²) >= 11 is 1.28. The fourth-order valence-corrected chi connectivity index (χ4v) is 5.27. The first-order chi connectivity index (χ1) is 16.6. The predicted molar refractivity (Wildman–Crippen MR) is 129 cm³/mol. The van der Waals surface area contributed by atoms with Crippen LogP contribution in [0.15, 0.2) is 67.9 Å². The van der Waals surface area contributed by atoms with Crippen LogP contribution in [0.1, 0.15) is 31.2 Å². The monoisotopic (exact) mass is 479 g/mol. The highest BCUT2D eigenvalue weighted by atomic mass is 32.1. The summed E-state index contributed by atoms with van der Waals surface area (Å²) in [5, 5.41) is 0. The van der Waals surface area contributed by atoms with Crippen molar-refractivity contribution in [1.29, 1.82) is 0 Å². The highest BCUT2D eigenvalue weighted by molar-refractivity contribution is 7.07. The molecular weight excluding hydrogens is 454 g/mol. The first-order valence-corrected chi connectivity index (χ1v) is 12.1. The lowest BCUT2D eigenvalue weighted by molar-refractivity contribution is -0.139. The van der Waals surface area contributed by atoms with Crippen LogP contribution in [0.3, 0.4) is 0 Å². The Hall–Kier alpha value is -3.43. The van der Waals surface area contributed by atoms with Gasteiger partial charge < -0.3 is 18.8 Å². The Labute approximate surface area is 200 Å². The lowest BCUT2D eigenvalue weighted by atomic mass is 9.96. The number of nitrogens with zero attached hydrogens (tertiary/aromatic N) is 3. The quantitative estimate of drug-likeness (QED) is 0.522. The molecule has 5 rings (SSSR count). The van der Waals surface area contributed by atoms with Gasteiger partial charge in [-0.25, -0.2) is 9.79 Å². The van der Waals surface area contributed by atoms with Crippen molar-refractivity contribution in [2.75, 3.05) is 37.8 Å². The van der Waals surface area contributed by atoms with Gasteiger partial charge in [0, 0.05) is 25.2 Å². The van der Waals surface area contributed by atoms with Crippen LogP contribution in [0.5, 0.6) is 0 Å². The van der Waals surface area contributed by atoms with Gasteiger partial charge >= 0.3 is 5.97 Å². The second kappa shape index (κ2) is 9.44. The largest absolute Gasteiger partial charge is 0.463 e. The minimum atomic E-state index is -0.612. The van der Waals surface area contributed by atoms with Crippen LogP contribution in [0.25, 0.3) is 6.08 Å². The van der Waals surface area contributed by atoms with E-state index in [1.54, 1.807) is 24.5 Å². The van der Waals surface area contributed by atoms with E-state index in [0.29, 0.717) is 39.6 Å². The average Bonchev–Trinajstić information content (AvgIpc) is 3.44. The summed E-state index contributed by atoms with van der Waals surface area (Å²) < 4.78 is 18.8. The number of ether oxygens (including phenoxy) is 2. The summed E-state index contributed by atoms with van der Waals surface area (Å²) in [6.45, 7) is 6.64. The SMILES string of the molecule is CCOC(=O)C1=C(C)N=c2s/c(=C\c3ccc(N4CCOCC4)o3)c(=O)n2[C@@H]1c1ccccc1. The summed E-state index contributed by atoms with van der Waals surface area (Å²) in [6.07, 6.45) is 1.74. The number of fused-ring (bicyclic) bond motifs is 1. The molecule has 176 valence electrons. The number of carbonyl (C=O) groups excluding carboxylic acids is 1. The van der Waals surface area contributed by atoms with Crippen LogP contribution in [0.4, 0.5) is 5.88 Å². The number of allylic oxidation sites excluding steroid dienone is 1.